The molecule has 0 radical (unpaired) electrons. The minimum atomic E-state index is -0.440. The van der Waals surface area contributed by atoms with Gasteiger partial charge in [-0.2, -0.15) is 0 Å². The van der Waals surface area contributed by atoms with E-state index in [9.17, 15) is 9.59 Å². The lowest BCUT2D eigenvalue weighted by Crippen LogP contribution is -2.27. The molecule has 6 heteroatoms. The summed E-state index contributed by atoms with van der Waals surface area (Å²) in [7, 11) is 4.51. The van der Waals surface area contributed by atoms with Crippen molar-refractivity contribution < 1.29 is 23.8 Å². The van der Waals surface area contributed by atoms with Gasteiger partial charge in [0.25, 0.3) is 0 Å². The fourth-order valence-electron chi connectivity index (χ4n) is 1.06. The van der Waals surface area contributed by atoms with Crippen molar-refractivity contribution in [2.24, 2.45) is 0 Å². The van der Waals surface area contributed by atoms with Gasteiger partial charge in [-0.25, -0.2) is 0 Å². The molecule has 1 amide bonds. The van der Waals surface area contributed by atoms with Gasteiger partial charge in [-0.15, -0.1) is 0 Å². The zero-order valence-electron chi connectivity index (χ0n) is 11.6. The first-order valence-electron chi connectivity index (χ1n) is 5.53. The highest BCUT2D eigenvalue weighted by Crippen LogP contribution is 2.24. The first kappa shape index (κ1) is 16.8. The predicted octanol–water partition coefficient (Wildman–Crippen LogP) is 0.999. The van der Waals surface area contributed by atoms with E-state index in [0.29, 0.717) is 0 Å². The summed E-state index contributed by atoms with van der Waals surface area (Å²) in [6.07, 6.45) is 0. The fourth-order valence-corrected chi connectivity index (χ4v) is 1.06. The van der Waals surface area contributed by atoms with E-state index in [2.05, 4.69) is 10.1 Å². The van der Waals surface area contributed by atoms with Crippen molar-refractivity contribution in [3.8, 4) is 11.5 Å². The number of ether oxygens (including phenoxy) is 3. The summed E-state index contributed by atoms with van der Waals surface area (Å²) in [5.74, 6) is 0.862. The van der Waals surface area contributed by atoms with Crippen LogP contribution in [0.4, 0.5) is 0 Å². The van der Waals surface area contributed by atoms with Gasteiger partial charge in [0.1, 0.15) is 6.54 Å². The molecule has 0 aliphatic carbocycles. The van der Waals surface area contributed by atoms with Crippen molar-refractivity contribution in [2.75, 3.05) is 27.9 Å². The molecule has 1 aromatic rings. The number of rotatable bonds is 4. The van der Waals surface area contributed by atoms with Crippen LogP contribution in [-0.4, -0.2) is 39.8 Å². The van der Waals surface area contributed by atoms with Crippen molar-refractivity contribution in [2.45, 2.75) is 6.92 Å². The second kappa shape index (κ2) is 9.76. The van der Waals surface area contributed by atoms with Crippen LogP contribution >= 0.6 is 0 Å². The van der Waals surface area contributed by atoms with Crippen molar-refractivity contribution >= 4 is 11.9 Å². The van der Waals surface area contributed by atoms with Gasteiger partial charge in [-0.05, 0) is 12.1 Å². The summed E-state index contributed by atoms with van der Waals surface area (Å²) in [5, 5.41) is 2.28. The summed E-state index contributed by atoms with van der Waals surface area (Å²) in [5.41, 5.74) is 0. The quantitative estimate of drug-likeness (QED) is 0.825. The van der Waals surface area contributed by atoms with Crippen molar-refractivity contribution in [3.05, 3.63) is 24.3 Å². The van der Waals surface area contributed by atoms with Gasteiger partial charge < -0.3 is 19.5 Å². The SMILES string of the molecule is COC(=O)CNC(C)=O.COc1ccccc1OC. The van der Waals surface area contributed by atoms with E-state index in [1.54, 1.807) is 14.2 Å². The van der Waals surface area contributed by atoms with E-state index in [-0.39, 0.29) is 12.5 Å². The first-order valence-corrected chi connectivity index (χ1v) is 5.53. The molecular formula is C13H19NO5. The normalized spacial score (nSPS) is 8.63. The molecule has 0 atom stereocenters. The van der Waals surface area contributed by atoms with Gasteiger partial charge >= 0.3 is 5.97 Å². The molecule has 0 saturated heterocycles. The van der Waals surface area contributed by atoms with Gasteiger partial charge in [-0.3, -0.25) is 9.59 Å². The Bertz CT molecular complexity index is 383. The van der Waals surface area contributed by atoms with E-state index in [1.165, 1.54) is 14.0 Å². The summed E-state index contributed by atoms with van der Waals surface area (Å²) in [4.78, 5) is 20.4. The average Bonchev–Trinajstić information content (AvgIpc) is 2.45. The van der Waals surface area contributed by atoms with Crippen LogP contribution in [0.3, 0.4) is 0 Å². The third-order valence-corrected chi connectivity index (χ3v) is 2.00. The second-order valence-corrected chi connectivity index (χ2v) is 3.34. The number of hydrogen-bond donors (Lipinski definition) is 1. The largest absolute Gasteiger partial charge is 0.493 e. The summed E-state index contributed by atoms with van der Waals surface area (Å²) in [6, 6.07) is 7.53. The molecule has 19 heavy (non-hydrogen) atoms. The van der Waals surface area contributed by atoms with Crippen molar-refractivity contribution in [3.63, 3.8) is 0 Å². The van der Waals surface area contributed by atoms with E-state index < -0.39 is 5.97 Å². The molecule has 106 valence electrons. The maximum absolute atomic E-state index is 10.3. The Kier molecular flexibility index (Phi) is 8.61. The molecule has 0 heterocycles. The van der Waals surface area contributed by atoms with Gasteiger partial charge in [0.05, 0.1) is 21.3 Å². The Morgan fingerprint density at radius 3 is 1.84 bits per heavy atom. The standard InChI is InChI=1S/C8H10O2.C5H9NO3/c1-9-7-5-3-4-6-8(7)10-2;1-4(7)6-3-5(8)9-2/h3-6H,1-2H3;3H2,1-2H3,(H,6,7). The van der Waals surface area contributed by atoms with Crippen LogP contribution in [0.1, 0.15) is 6.92 Å². The molecule has 0 aliphatic heterocycles. The molecular weight excluding hydrogens is 250 g/mol. The number of nitrogens with one attached hydrogen (secondary N) is 1. The highest BCUT2D eigenvalue weighted by Gasteiger charge is 1.98. The molecule has 0 unspecified atom stereocenters. The number of hydrogen-bond acceptors (Lipinski definition) is 5. The van der Waals surface area contributed by atoms with Crippen LogP contribution in [0.5, 0.6) is 11.5 Å². The summed E-state index contributed by atoms with van der Waals surface area (Å²) < 4.78 is 14.3. The molecule has 6 nitrogen and oxygen atoms in total. The highest BCUT2D eigenvalue weighted by atomic mass is 16.5. The Balaban J connectivity index is 0.000000344. The third-order valence-electron chi connectivity index (χ3n) is 2.00. The first-order chi connectivity index (χ1) is 9.04. The lowest BCUT2D eigenvalue weighted by atomic mass is 10.3. The number of para-hydroxylation sites is 2. The summed E-state index contributed by atoms with van der Waals surface area (Å²) >= 11 is 0. The van der Waals surface area contributed by atoms with Gasteiger partial charge in [0, 0.05) is 6.92 Å². The molecule has 1 aromatic carbocycles. The second-order valence-electron chi connectivity index (χ2n) is 3.34. The highest BCUT2D eigenvalue weighted by molar-refractivity contribution is 5.80. The zero-order valence-corrected chi connectivity index (χ0v) is 11.6. The van der Waals surface area contributed by atoms with Crippen LogP contribution in [0.25, 0.3) is 0 Å². The average molecular weight is 269 g/mol. The van der Waals surface area contributed by atoms with E-state index in [1.807, 2.05) is 24.3 Å². The Labute approximate surface area is 112 Å². The van der Waals surface area contributed by atoms with Gasteiger partial charge in [-0.1, -0.05) is 12.1 Å². The lowest BCUT2D eigenvalue weighted by molar-refractivity contribution is -0.140. The minimum Gasteiger partial charge on any atom is -0.493 e. The zero-order chi connectivity index (χ0) is 14.7. The van der Waals surface area contributed by atoms with Crippen molar-refractivity contribution in [1.82, 2.24) is 5.32 Å². The lowest BCUT2D eigenvalue weighted by Gasteiger charge is -2.04. The molecule has 0 saturated carbocycles. The number of esters is 1. The molecule has 0 aromatic heterocycles. The number of benzene rings is 1. The molecule has 1 N–H and O–H groups in total. The molecule has 1 rings (SSSR count). The molecule has 0 spiro atoms. The number of amides is 1. The molecule has 0 bridgehead atoms. The fraction of sp³-hybridized carbons (Fsp3) is 0.385. The Morgan fingerprint density at radius 1 is 1.05 bits per heavy atom. The number of carbonyl (C=O) groups is 2. The van der Waals surface area contributed by atoms with E-state index in [0.717, 1.165) is 11.5 Å². The van der Waals surface area contributed by atoms with E-state index in [4.69, 9.17) is 9.47 Å². The summed E-state index contributed by atoms with van der Waals surface area (Å²) in [6.45, 7) is 1.29. The number of methoxy groups -OCH3 is 3. The van der Waals surface area contributed by atoms with Crippen LogP contribution < -0.4 is 14.8 Å². The minimum absolute atomic E-state index is 0.0498. The molecule has 0 fully saturated rings. The monoisotopic (exact) mass is 269 g/mol. The Morgan fingerprint density at radius 2 is 1.53 bits per heavy atom. The van der Waals surface area contributed by atoms with Crippen LogP contribution in [0.2, 0.25) is 0 Å². The van der Waals surface area contributed by atoms with Crippen LogP contribution in [0, 0.1) is 0 Å². The predicted molar refractivity (Wildman–Crippen MR) is 70.2 cm³/mol. The maximum Gasteiger partial charge on any atom is 0.325 e. The molecule has 0 aliphatic rings. The van der Waals surface area contributed by atoms with Crippen LogP contribution in [0.15, 0.2) is 24.3 Å². The van der Waals surface area contributed by atoms with Crippen molar-refractivity contribution in [1.29, 1.82) is 0 Å². The van der Waals surface area contributed by atoms with Gasteiger partial charge in [0.2, 0.25) is 5.91 Å². The van der Waals surface area contributed by atoms with Crippen LogP contribution in [-0.2, 0) is 14.3 Å². The topological polar surface area (TPSA) is 73.9 Å². The smallest absolute Gasteiger partial charge is 0.325 e. The number of carbonyl (C=O) groups excluding carboxylic acids is 2. The third kappa shape index (κ3) is 7.64. The Hall–Kier alpha value is -2.24. The van der Waals surface area contributed by atoms with Gasteiger partial charge in [0.15, 0.2) is 11.5 Å². The maximum atomic E-state index is 10.3. The van der Waals surface area contributed by atoms with E-state index >= 15 is 0 Å².